The second-order valence-corrected chi connectivity index (χ2v) is 19.6. The maximum atomic E-state index is 5.60. The van der Waals surface area contributed by atoms with Crippen molar-refractivity contribution in [3.8, 4) is 44.9 Å². The summed E-state index contributed by atoms with van der Waals surface area (Å²) in [4.78, 5) is 5.60. The summed E-state index contributed by atoms with van der Waals surface area (Å²) in [7, 11) is 0. The minimum atomic E-state index is -0.430. The van der Waals surface area contributed by atoms with E-state index in [1.165, 1.54) is 108 Å². The van der Waals surface area contributed by atoms with Crippen LogP contribution in [-0.2, 0) is 5.41 Å². The SMILES string of the molecule is c1ccc(-n2c3ccccc3c3cc4c(cc32)c2sc3ccccc3c2n4-c2cccc(-c3nc4ccccc4c4c5c(ccc34)C3(c4ccccc4-c4ccccc43)c3ccccc3-5)c2)cc1. The number of aromatic nitrogens is 3. The molecule has 0 atom stereocenters. The van der Waals surface area contributed by atoms with Crippen molar-refractivity contribution < 1.29 is 0 Å². The van der Waals surface area contributed by atoms with Gasteiger partial charge in [-0.25, -0.2) is 4.98 Å². The highest BCUT2D eigenvalue weighted by Crippen LogP contribution is 2.64. The molecule has 14 aromatic rings. The maximum Gasteiger partial charge on any atom is 0.0789 e. The molecule has 0 bridgehead atoms. The first kappa shape index (κ1) is 36.6. The van der Waals surface area contributed by atoms with Gasteiger partial charge in [0.25, 0.3) is 0 Å². The highest BCUT2D eigenvalue weighted by atomic mass is 32.1. The lowest BCUT2D eigenvalue weighted by Crippen LogP contribution is -2.25. The van der Waals surface area contributed by atoms with Gasteiger partial charge in [-0.05, 0) is 99.1 Å². The molecule has 314 valence electrons. The second-order valence-electron chi connectivity index (χ2n) is 18.5. The van der Waals surface area contributed by atoms with Crippen LogP contribution in [0.2, 0.25) is 0 Å². The lowest BCUT2D eigenvalue weighted by Gasteiger charge is -2.30. The fourth-order valence-electron chi connectivity index (χ4n) is 12.7. The summed E-state index contributed by atoms with van der Waals surface area (Å²) >= 11 is 1.89. The van der Waals surface area contributed by atoms with Crippen LogP contribution < -0.4 is 0 Å². The Labute approximate surface area is 395 Å². The first-order valence-corrected chi connectivity index (χ1v) is 24.3. The van der Waals surface area contributed by atoms with Crippen molar-refractivity contribution >= 4 is 86.0 Å². The van der Waals surface area contributed by atoms with E-state index >= 15 is 0 Å². The quantitative estimate of drug-likeness (QED) is 0.162. The van der Waals surface area contributed by atoms with Gasteiger partial charge in [0.15, 0.2) is 0 Å². The van der Waals surface area contributed by atoms with Crippen molar-refractivity contribution in [1.82, 2.24) is 14.1 Å². The van der Waals surface area contributed by atoms with E-state index in [1.807, 2.05) is 11.3 Å². The van der Waals surface area contributed by atoms with Crippen LogP contribution in [0.25, 0.3) is 120 Å². The number of nitrogens with zero attached hydrogens (tertiary/aromatic N) is 3. The van der Waals surface area contributed by atoms with Crippen molar-refractivity contribution in [2.45, 2.75) is 5.41 Å². The van der Waals surface area contributed by atoms with E-state index in [-0.39, 0.29) is 0 Å². The minimum Gasteiger partial charge on any atom is -0.309 e. The fraction of sp³-hybridized carbons (Fsp3) is 0.0156. The molecule has 0 amide bonds. The third-order valence-electron chi connectivity index (χ3n) is 15.3. The average molecular weight is 880 g/mol. The molecule has 2 aliphatic carbocycles. The molecular formula is C64H37N3S. The third kappa shape index (κ3) is 4.55. The van der Waals surface area contributed by atoms with E-state index < -0.39 is 5.41 Å². The summed E-state index contributed by atoms with van der Waals surface area (Å²) in [6.07, 6.45) is 0. The van der Waals surface area contributed by atoms with Gasteiger partial charge in [0, 0.05) is 59.3 Å². The van der Waals surface area contributed by atoms with Crippen LogP contribution in [0, 0.1) is 0 Å². The Bertz CT molecular complexity index is 4460. The molecule has 0 unspecified atom stereocenters. The van der Waals surface area contributed by atoms with Crippen LogP contribution in [0.4, 0.5) is 0 Å². The fourth-order valence-corrected chi connectivity index (χ4v) is 13.9. The number of pyridine rings is 1. The summed E-state index contributed by atoms with van der Waals surface area (Å²) in [5, 5.41) is 8.60. The van der Waals surface area contributed by atoms with Crippen molar-refractivity contribution in [3.63, 3.8) is 0 Å². The van der Waals surface area contributed by atoms with Crippen LogP contribution in [-0.4, -0.2) is 14.1 Å². The summed E-state index contributed by atoms with van der Waals surface area (Å²) in [6.45, 7) is 0. The van der Waals surface area contributed by atoms with Gasteiger partial charge in [0.2, 0.25) is 0 Å². The number of thiophene rings is 1. The Hall–Kier alpha value is -8.57. The number of hydrogen-bond donors (Lipinski definition) is 0. The predicted octanol–water partition coefficient (Wildman–Crippen LogP) is 16.8. The number of para-hydroxylation sites is 3. The second kappa shape index (κ2) is 13.3. The van der Waals surface area contributed by atoms with E-state index in [9.17, 15) is 0 Å². The van der Waals surface area contributed by atoms with Crippen molar-refractivity contribution in [2.24, 2.45) is 0 Å². The molecule has 0 fully saturated rings. The smallest absolute Gasteiger partial charge is 0.0789 e. The summed E-state index contributed by atoms with van der Waals surface area (Å²) in [6, 6.07) is 83.4. The standard InChI is InChI=1S/C64H37N3S/c1-2-18-39(19-3-1)66-55-31-14-8-23-43(55)48-36-57-49(37-56(48)66)63-62(46-26-9-15-32-58(46)68-63)67(57)40-20-16-17-38(35-40)61-47-33-34-53-60(59(47)45-25-7-13-30-54(45)65-61)44-24-6-12-29-52(44)64(53)50-27-10-4-21-41(50)42-22-5-11-28-51(42)64/h1-37H. The molecular weight excluding hydrogens is 843 g/mol. The Kier molecular flexibility index (Phi) is 7.16. The van der Waals surface area contributed by atoms with Crippen molar-refractivity contribution in [1.29, 1.82) is 0 Å². The molecule has 4 aromatic heterocycles. The van der Waals surface area contributed by atoms with E-state index in [2.05, 4.69) is 234 Å². The molecule has 1 spiro atoms. The summed E-state index contributed by atoms with van der Waals surface area (Å²) < 4.78 is 7.54. The van der Waals surface area contributed by atoms with Crippen LogP contribution in [0.3, 0.4) is 0 Å². The van der Waals surface area contributed by atoms with Crippen LogP contribution >= 0.6 is 11.3 Å². The molecule has 0 saturated heterocycles. The third-order valence-corrected chi connectivity index (χ3v) is 16.5. The molecule has 68 heavy (non-hydrogen) atoms. The topological polar surface area (TPSA) is 22.8 Å². The normalized spacial score (nSPS) is 13.4. The largest absolute Gasteiger partial charge is 0.309 e. The number of fused-ring (bicyclic) bond motifs is 22. The molecule has 4 heteroatoms. The minimum absolute atomic E-state index is 0.430. The number of hydrogen-bond acceptors (Lipinski definition) is 2. The predicted molar refractivity (Wildman–Crippen MR) is 285 cm³/mol. The van der Waals surface area contributed by atoms with Gasteiger partial charge < -0.3 is 9.13 Å². The highest BCUT2D eigenvalue weighted by molar-refractivity contribution is 7.26. The molecule has 2 aliphatic rings. The molecule has 10 aromatic carbocycles. The van der Waals surface area contributed by atoms with Gasteiger partial charge >= 0.3 is 0 Å². The monoisotopic (exact) mass is 879 g/mol. The van der Waals surface area contributed by atoms with Gasteiger partial charge in [-0.1, -0.05) is 170 Å². The van der Waals surface area contributed by atoms with E-state index in [0.29, 0.717) is 0 Å². The first-order valence-electron chi connectivity index (χ1n) is 23.5. The molecule has 0 N–H and O–H groups in total. The molecule has 0 saturated carbocycles. The zero-order valence-corrected chi connectivity index (χ0v) is 37.4. The Morgan fingerprint density at radius 3 is 1.81 bits per heavy atom. The van der Waals surface area contributed by atoms with E-state index in [1.54, 1.807) is 0 Å². The van der Waals surface area contributed by atoms with Crippen molar-refractivity contribution in [2.75, 3.05) is 0 Å². The van der Waals surface area contributed by atoms with Crippen molar-refractivity contribution in [3.05, 3.63) is 247 Å². The van der Waals surface area contributed by atoms with Crippen LogP contribution in [0.1, 0.15) is 22.3 Å². The Balaban J connectivity index is 0.980. The Morgan fingerprint density at radius 1 is 0.382 bits per heavy atom. The molecule has 3 nitrogen and oxygen atoms in total. The molecule has 16 rings (SSSR count). The zero-order valence-electron chi connectivity index (χ0n) is 36.6. The van der Waals surface area contributed by atoms with Crippen LogP contribution in [0.15, 0.2) is 224 Å². The van der Waals surface area contributed by atoms with E-state index in [0.717, 1.165) is 33.5 Å². The number of benzene rings is 10. The average Bonchev–Trinajstić information content (AvgIpc) is 4.18. The Morgan fingerprint density at radius 2 is 1.00 bits per heavy atom. The van der Waals surface area contributed by atoms with Crippen LogP contribution in [0.5, 0.6) is 0 Å². The lowest BCUT2D eigenvalue weighted by molar-refractivity contribution is 0.794. The lowest BCUT2D eigenvalue weighted by atomic mass is 9.70. The first-order chi connectivity index (χ1) is 33.8. The van der Waals surface area contributed by atoms with Gasteiger partial charge in [0.1, 0.15) is 0 Å². The van der Waals surface area contributed by atoms with Gasteiger partial charge in [0.05, 0.1) is 43.4 Å². The van der Waals surface area contributed by atoms with Gasteiger partial charge in [-0.2, -0.15) is 0 Å². The molecule has 0 radical (unpaired) electrons. The highest BCUT2D eigenvalue weighted by Gasteiger charge is 2.52. The van der Waals surface area contributed by atoms with Gasteiger partial charge in [-0.3, -0.25) is 0 Å². The van der Waals surface area contributed by atoms with Gasteiger partial charge in [-0.15, -0.1) is 11.3 Å². The summed E-state index contributed by atoms with van der Waals surface area (Å²) in [5.41, 5.74) is 20.4. The maximum absolute atomic E-state index is 5.60. The molecule has 4 heterocycles. The number of rotatable bonds is 3. The molecule has 0 aliphatic heterocycles. The zero-order chi connectivity index (χ0) is 44.2. The summed E-state index contributed by atoms with van der Waals surface area (Å²) in [5.74, 6) is 0. The van der Waals surface area contributed by atoms with E-state index in [4.69, 9.17) is 4.98 Å².